The van der Waals surface area contributed by atoms with Crippen molar-refractivity contribution in [2.75, 3.05) is 0 Å². The van der Waals surface area contributed by atoms with Gasteiger partial charge < -0.3 is 5.11 Å². The smallest absolute Gasteiger partial charge is 0.118 e. The largest absolute Gasteiger partial charge is 0.508 e. The lowest BCUT2D eigenvalue weighted by atomic mass is 9.85. The van der Waals surface area contributed by atoms with Crippen LogP contribution in [0.25, 0.3) is 0 Å². The molecule has 0 aliphatic rings. The van der Waals surface area contributed by atoms with Gasteiger partial charge in [0.15, 0.2) is 0 Å². The molecule has 0 aliphatic heterocycles. The van der Waals surface area contributed by atoms with Gasteiger partial charge in [-0.25, -0.2) is 0 Å². The number of phenols is 1. The van der Waals surface area contributed by atoms with Gasteiger partial charge in [0.2, 0.25) is 0 Å². The van der Waals surface area contributed by atoms with Gasteiger partial charge in [-0.3, -0.25) is 0 Å². The van der Waals surface area contributed by atoms with E-state index in [0.717, 1.165) is 17.5 Å². The first-order valence-electron chi connectivity index (χ1n) is 5.21. The first kappa shape index (κ1) is 12.4. The van der Waals surface area contributed by atoms with Gasteiger partial charge in [0.25, 0.3) is 0 Å². The molecular weight excluding hydrogens is 208 g/mol. The van der Waals surface area contributed by atoms with Crippen LogP contribution in [0.3, 0.4) is 0 Å². The third-order valence-electron chi connectivity index (χ3n) is 2.52. The molecule has 0 atom stereocenters. The Morgan fingerprint density at radius 2 is 1.87 bits per heavy atom. The molecule has 84 valence electrons. The summed E-state index contributed by atoms with van der Waals surface area (Å²) in [7, 11) is 0. The van der Waals surface area contributed by atoms with Gasteiger partial charge in [-0.05, 0) is 41.5 Å². The second-order valence-electron chi connectivity index (χ2n) is 5.22. The van der Waals surface area contributed by atoms with Crippen molar-refractivity contribution >= 4 is 11.6 Å². The van der Waals surface area contributed by atoms with Gasteiger partial charge in [0, 0.05) is 5.88 Å². The molecular formula is C13H19ClO. The second-order valence-corrected chi connectivity index (χ2v) is 5.49. The lowest BCUT2D eigenvalue weighted by Crippen LogP contribution is -2.11. The highest BCUT2D eigenvalue weighted by Gasteiger charge is 2.16. The van der Waals surface area contributed by atoms with E-state index >= 15 is 0 Å². The molecule has 0 amide bonds. The van der Waals surface area contributed by atoms with E-state index in [1.54, 1.807) is 6.07 Å². The predicted molar refractivity (Wildman–Crippen MR) is 65.6 cm³/mol. The molecule has 0 saturated carbocycles. The number of aromatic hydroxyl groups is 1. The van der Waals surface area contributed by atoms with Crippen LogP contribution in [0.15, 0.2) is 12.1 Å². The van der Waals surface area contributed by atoms with E-state index in [0.29, 0.717) is 11.6 Å². The quantitative estimate of drug-likeness (QED) is 0.755. The fourth-order valence-corrected chi connectivity index (χ4v) is 2.10. The van der Waals surface area contributed by atoms with Gasteiger partial charge in [-0.15, -0.1) is 11.6 Å². The first-order chi connectivity index (χ1) is 6.85. The average molecular weight is 227 g/mol. The van der Waals surface area contributed by atoms with Crippen LogP contribution in [0.1, 0.15) is 37.5 Å². The van der Waals surface area contributed by atoms with Crippen molar-refractivity contribution in [2.24, 2.45) is 5.41 Å². The molecule has 1 N–H and O–H groups in total. The molecule has 0 heterocycles. The van der Waals surface area contributed by atoms with Crippen molar-refractivity contribution in [2.45, 2.75) is 40.0 Å². The highest BCUT2D eigenvalue weighted by atomic mass is 35.5. The minimum Gasteiger partial charge on any atom is -0.508 e. The minimum atomic E-state index is 0.240. The summed E-state index contributed by atoms with van der Waals surface area (Å²) in [6, 6.07) is 3.73. The van der Waals surface area contributed by atoms with Crippen molar-refractivity contribution in [1.82, 2.24) is 0 Å². The maximum Gasteiger partial charge on any atom is 0.118 e. The van der Waals surface area contributed by atoms with Crippen LogP contribution in [0.5, 0.6) is 5.75 Å². The van der Waals surface area contributed by atoms with Gasteiger partial charge in [-0.2, -0.15) is 0 Å². The van der Waals surface area contributed by atoms with E-state index in [2.05, 4.69) is 20.8 Å². The number of rotatable bonds is 2. The normalized spacial score (nSPS) is 11.8. The highest BCUT2D eigenvalue weighted by Crippen LogP contribution is 2.29. The van der Waals surface area contributed by atoms with Crippen LogP contribution in [0.2, 0.25) is 0 Å². The number of hydrogen-bond acceptors (Lipinski definition) is 1. The molecule has 0 radical (unpaired) electrons. The zero-order chi connectivity index (χ0) is 11.6. The molecule has 0 fully saturated rings. The Labute approximate surface area is 97.1 Å². The molecule has 1 aromatic carbocycles. The van der Waals surface area contributed by atoms with Gasteiger partial charge in [0.05, 0.1) is 0 Å². The van der Waals surface area contributed by atoms with Gasteiger partial charge in [-0.1, -0.05) is 26.8 Å². The van der Waals surface area contributed by atoms with Crippen LogP contribution in [-0.2, 0) is 12.3 Å². The summed E-state index contributed by atoms with van der Waals surface area (Å²) < 4.78 is 0. The van der Waals surface area contributed by atoms with Crippen LogP contribution >= 0.6 is 11.6 Å². The van der Waals surface area contributed by atoms with E-state index in [1.165, 1.54) is 5.56 Å². The summed E-state index contributed by atoms with van der Waals surface area (Å²) in [5.41, 5.74) is 3.47. The van der Waals surface area contributed by atoms with Crippen molar-refractivity contribution < 1.29 is 5.11 Å². The second kappa shape index (κ2) is 4.44. The maximum atomic E-state index is 9.60. The Morgan fingerprint density at radius 1 is 1.27 bits per heavy atom. The Hall–Kier alpha value is -0.690. The Balaban J connectivity index is 3.14. The fraction of sp³-hybridized carbons (Fsp3) is 0.538. The molecule has 1 nitrogen and oxygen atoms in total. The zero-order valence-corrected chi connectivity index (χ0v) is 10.7. The lowest BCUT2D eigenvalue weighted by Gasteiger charge is -2.21. The monoisotopic (exact) mass is 226 g/mol. The highest BCUT2D eigenvalue weighted by molar-refractivity contribution is 6.17. The summed E-state index contributed by atoms with van der Waals surface area (Å²) in [6.45, 7) is 8.52. The summed E-state index contributed by atoms with van der Waals surface area (Å²) >= 11 is 5.93. The summed E-state index contributed by atoms with van der Waals surface area (Å²) in [4.78, 5) is 0. The molecule has 0 saturated heterocycles. The fourth-order valence-electron chi connectivity index (χ4n) is 1.72. The third-order valence-corrected chi connectivity index (χ3v) is 2.79. The Kier molecular flexibility index (Phi) is 3.67. The van der Waals surface area contributed by atoms with Crippen LogP contribution < -0.4 is 0 Å². The SMILES string of the molecule is Cc1c(O)ccc(CC(C)(C)C)c1CCl. The molecule has 1 rings (SSSR count). The lowest BCUT2D eigenvalue weighted by molar-refractivity contribution is 0.409. The van der Waals surface area contributed by atoms with E-state index in [-0.39, 0.29) is 5.41 Å². The topological polar surface area (TPSA) is 20.2 Å². The summed E-state index contributed by atoms with van der Waals surface area (Å²) in [6.07, 6.45) is 0.982. The third kappa shape index (κ3) is 3.13. The van der Waals surface area contributed by atoms with Gasteiger partial charge >= 0.3 is 0 Å². The first-order valence-corrected chi connectivity index (χ1v) is 5.75. The van der Waals surface area contributed by atoms with E-state index in [9.17, 15) is 5.11 Å². The molecule has 0 unspecified atom stereocenters. The number of alkyl halides is 1. The van der Waals surface area contributed by atoms with Crippen molar-refractivity contribution in [3.05, 3.63) is 28.8 Å². The molecule has 2 heteroatoms. The molecule has 1 aromatic rings. The summed E-state index contributed by atoms with van der Waals surface area (Å²) in [5, 5.41) is 9.60. The molecule has 0 aromatic heterocycles. The van der Waals surface area contributed by atoms with Crippen molar-refractivity contribution in [3.63, 3.8) is 0 Å². The zero-order valence-electron chi connectivity index (χ0n) is 9.89. The number of benzene rings is 1. The van der Waals surface area contributed by atoms with E-state index in [1.807, 2.05) is 13.0 Å². The van der Waals surface area contributed by atoms with E-state index in [4.69, 9.17) is 11.6 Å². The van der Waals surface area contributed by atoms with Crippen LogP contribution in [0.4, 0.5) is 0 Å². The van der Waals surface area contributed by atoms with Crippen molar-refractivity contribution in [1.29, 1.82) is 0 Å². The number of phenolic OH excluding ortho intramolecular Hbond substituents is 1. The van der Waals surface area contributed by atoms with Crippen LogP contribution in [-0.4, -0.2) is 5.11 Å². The molecule has 15 heavy (non-hydrogen) atoms. The minimum absolute atomic E-state index is 0.240. The maximum absolute atomic E-state index is 9.60. The molecule has 0 spiro atoms. The number of hydrogen-bond donors (Lipinski definition) is 1. The van der Waals surface area contributed by atoms with Crippen LogP contribution in [0, 0.1) is 12.3 Å². The summed E-state index contributed by atoms with van der Waals surface area (Å²) in [5.74, 6) is 0.800. The van der Waals surface area contributed by atoms with E-state index < -0.39 is 0 Å². The van der Waals surface area contributed by atoms with Crippen molar-refractivity contribution in [3.8, 4) is 5.75 Å². The standard InChI is InChI=1S/C13H19ClO/c1-9-11(8-14)10(5-6-12(9)15)7-13(2,3)4/h5-6,15H,7-8H2,1-4H3. The average Bonchev–Trinajstić information content (AvgIpc) is 2.10. The Morgan fingerprint density at radius 3 is 2.33 bits per heavy atom. The molecule has 0 bridgehead atoms. The molecule has 0 aliphatic carbocycles. The Bertz CT molecular complexity index is 350. The van der Waals surface area contributed by atoms with Gasteiger partial charge in [0.1, 0.15) is 5.75 Å². The number of halogens is 1. The predicted octanol–water partition coefficient (Wildman–Crippen LogP) is 4.03.